The van der Waals surface area contributed by atoms with Crippen LogP contribution in [0.25, 0.3) is 11.0 Å². The third kappa shape index (κ3) is 3.30. The lowest BCUT2D eigenvalue weighted by molar-refractivity contribution is -0.128. The van der Waals surface area contributed by atoms with Crippen LogP contribution < -0.4 is 5.32 Å². The van der Waals surface area contributed by atoms with Crippen LogP contribution in [0.15, 0.2) is 24.3 Å². The largest absolute Gasteiger partial charge is 0.389 e. The number of fused-ring (bicyclic) bond motifs is 1. The van der Waals surface area contributed by atoms with Crippen molar-refractivity contribution in [3.63, 3.8) is 0 Å². The Balaban J connectivity index is 1.63. The monoisotopic (exact) mass is 301 g/mol. The summed E-state index contributed by atoms with van der Waals surface area (Å²) < 4.78 is 0. The molecule has 0 aliphatic heterocycles. The first-order valence-corrected chi connectivity index (χ1v) is 8.02. The molecule has 1 heterocycles. The molecule has 1 fully saturated rings. The maximum absolute atomic E-state index is 12.2. The van der Waals surface area contributed by atoms with Crippen molar-refractivity contribution in [1.82, 2.24) is 15.3 Å². The van der Waals surface area contributed by atoms with Gasteiger partial charge in [0.25, 0.3) is 0 Å². The van der Waals surface area contributed by atoms with E-state index in [1.165, 1.54) is 0 Å². The third-order valence-electron chi connectivity index (χ3n) is 4.47. The number of H-pyrrole nitrogens is 1. The topological polar surface area (TPSA) is 78.0 Å². The van der Waals surface area contributed by atoms with E-state index in [2.05, 4.69) is 15.3 Å². The Morgan fingerprint density at radius 3 is 2.82 bits per heavy atom. The van der Waals surface area contributed by atoms with Crippen molar-refractivity contribution in [2.45, 2.75) is 57.1 Å². The molecule has 22 heavy (non-hydrogen) atoms. The zero-order valence-electron chi connectivity index (χ0n) is 12.9. The Bertz CT molecular complexity index is 626. The number of aromatic amines is 1. The van der Waals surface area contributed by atoms with Gasteiger partial charge in [-0.25, -0.2) is 4.98 Å². The molecule has 118 valence electrons. The van der Waals surface area contributed by atoms with Gasteiger partial charge < -0.3 is 15.4 Å². The molecular formula is C17H23N3O2. The minimum Gasteiger partial charge on any atom is -0.389 e. The number of nitrogens with zero attached hydrogens (tertiary/aromatic N) is 1. The van der Waals surface area contributed by atoms with Crippen molar-refractivity contribution in [3.8, 4) is 0 Å². The van der Waals surface area contributed by atoms with Gasteiger partial charge in [0.05, 0.1) is 29.1 Å². The van der Waals surface area contributed by atoms with Crippen LogP contribution in [0.1, 0.15) is 57.3 Å². The van der Waals surface area contributed by atoms with Gasteiger partial charge in [0.1, 0.15) is 5.82 Å². The molecule has 1 aliphatic rings. The normalized spacial score (nSPS) is 19.0. The van der Waals surface area contributed by atoms with E-state index in [9.17, 15) is 9.90 Å². The summed E-state index contributed by atoms with van der Waals surface area (Å²) in [7, 11) is 0. The highest BCUT2D eigenvalue weighted by Crippen LogP contribution is 2.31. The SMILES string of the molecule is CC(NC(=O)CC1(O)CCCCC1)c1nc2ccccc2[nH]1. The molecule has 0 radical (unpaired) electrons. The van der Waals surface area contributed by atoms with Gasteiger partial charge in [-0.3, -0.25) is 4.79 Å². The number of aromatic nitrogens is 2. The molecule has 1 unspecified atom stereocenters. The zero-order valence-corrected chi connectivity index (χ0v) is 12.9. The highest BCUT2D eigenvalue weighted by Gasteiger charge is 2.32. The summed E-state index contributed by atoms with van der Waals surface area (Å²) in [6.07, 6.45) is 4.78. The van der Waals surface area contributed by atoms with Gasteiger partial charge in [-0.2, -0.15) is 0 Å². The van der Waals surface area contributed by atoms with E-state index >= 15 is 0 Å². The molecule has 5 nitrogen and oxygen atoms in total. The van der Waals surface area contributed by atoms with Crippen molar-refractivity contribution < 1.29 is 9.90 Å². The first-order valence-electron chi connectivity index (χ1n) is 8.02. The van der Waals surface area contributed by atoms with Crippen LogP contribution in [-0.2, 0) is 4.79 Å². The Labute approximate surface area is 130 Å². The zero-order chi connectivity index (χ0) is 15.6. The molecule has 0 spiro atoms. The van der Waals surface area contributed by atoms with Gasteiger partial charge in [0, 0.05) is 0 Å². The Hall–Kier alpha value is -1.88. The number of rotatable bonds is 4. The smallest absolute Gasteiger partial charge is 0.223 e. The molecule has 1 amide bonds. The number of hydrogen-bond donors (Lipinski definition) is 3. The molecule has 1 aromatic carbocycles. The molecule has 3 N–H and O–H groups in total. The van der Waals surface area contributed by atoms with Crippen LogP contribution in [0.5, 0.6) is 0 Å². The van der Waals surface area contributed by atoms with Crippen LogP contribution in [0.3, 0.4) is 0 Å². The van der Waals surface area contributed by atoms with Gasteiger partial charge in [-0.15, -0.1) is 0 Å². The number of carbonyl (C=O) groups excluding carboxylic acids is 1. The maximum atomic E-state index is 12.2. The second-order valence-electron chi connectivity index (χ2n) is 6.39. The van der Waals surface area contributed by atoms with Gasteiger partial charge >= 0.3 is 0 Å². The first-order chi connectivity index (χ1) is 10.6. The molecule has 1 atom stereocenters. The van der Waals surface area contributed by atoms with E-state index < -0.39 is 5.60 Å². The van der Waals surface area contributed by atoms with Gasteiger partial charge in [-0.1, -0.05) is 31.4 Å². The van der Waals surface area contributed by atoms with Crippen LogP contribution in [-0.4, -0.2) is 26.6 Å². The van der Waals surface area contributed by atoms with Crippen LogP contribution in [0.4, 0.5) is 0 Å². The van der Waals surface area contributed by atoms with E-state index in [-0.39, 0.29) is 18.4 Å². The van der Waals surface area contributed by atoms with Crippen molar-refractivity contribution in [1.29, 1.82) is 0 Å². The molecule has 0 saturated heterocycles. The van der Waals surface area contributed by atoms with E-state index in [1.807, 2.05) is 31.2 Å². The standard InChI is InChI=1S/C17H23N3O2/c1-12(16-19-13-7-3-4-8-14(13)20-16)18-15(21)11-17(22)9-5-2-6-10-17/h3-4,7-8,12,22H,2,5-6,9-11H2,1H3,(H,18,21)(H,19,20). The summed E-state index contributed by atoms with van der Waals surface area (Å²) in [5.41, 5.74) is 1.03. The lowest BCUT2D eigenvalue weighted by Crippen LogP contribution is -2.39. The van der Waals surface area contributed by atoms with Gasteiger partial charge in [-0.05, 0) is 31.9 Å². The minimum atomic E-state index is -0.823. The number of carbonyl (C=O) groups is 1. The van der Waals surface area contributed by atoms with Crippen LogP contribution >= 0.6 is 0 Å². The lowest BCUT2D eigenvalue weighted by Gasteiger charge is -2.31. The van der Waals surface area contributed by atoms with E-state index in [4.69, 9.17) is 0 Å². The Kier molecular flexibility index (Phi) is 4.16. The molecule has 1 saturated carbocycles. The van der Waals surface area contributed by atoms with Crippen molar-refractivity contribution in [2.75, 3.05) is 0 Å². The summed E-state index contributed by atoms with van der Waals surface area (Å²) in [6, 6.07) is 7.59. The third-order valence-corrected chi connectivity index (χ3v) is 4.47. The predicted octanol–water partition coefficient (Wildman–Crippen LogP) is 2.83. The Morgan fingerprint density at radius 2 is 2.09 bits per heavy atom. The highest BCUT2D eigenvalue weighted by molar-refractivity contribution is 5.78. The second-order valence-corrected chi connectivity index (χ2v) is 6.39. The van der Waals surface area contributed by atoms with Crippen molar-refractivity contribution in [2.24, 2.45) is 0 Å². The summed E-state index contributed by atoms with van der Waals surface area (Å²) >= 11 is 0. The van der Waals surface area contributed by atoms with Gasteiger partial charge in [0.2, 0.25) is 5.91 Å². The molecular weight excluding hydrogens is 278 g/mol. The number of aliphatic hydroxyl groups is 1. The second kappa shape index (κ2) is 6.08. The fraction of sp³-hybridized carbons (Fsp3) is 0.529. The summed E-state index contributed by atoms with van der Waals surface area (Å²) in [4.78, 5) is 19.9. The molecule has 2 aromatic rings. The maximum Gasteiger partial charge on any atom is 0.223 e. The number of nitrogens with one attached hydrogen (secondary N) is 2. The van der Waals surface area contributed by atoms with Crippen LogP contribution in [0.2, 0.25) is 0 Å². The van der Waals surface area contributed by atoms with Crippen molar-refractivity contribution >= 4 is 16.9 Å². The highest BCUT2D eigenvalue weighted by atomic mass is 16.3. The molecule has 1 aliphatic carbocycles. The number of hydrogen-bond acceptors (Lipinski definition) is 3. The van der Waals surface area contributed by atoms with E-state index in [0.717, 1.165) is 49.0 Å². The Morgan fingerprint density at radius 1 is 1.36 bits per heavy atom. The number of amides is 1. The molecule has 1 aromatic heterocycles. The molecule has 0 bridgehead atoms. The van der Waals surface area contributed by atoms with Gasteiger partial charge in [0.15, 0.2) is 0 Å². The fourth-order valence-electron chi connectivity index (χ4n) is 3.22. The average Bonchev–Trinajstić information content (AvgIpc) is 2.91. The quantitative estimate of drug-likeness (QED) is 0.812. The fourth-order valence-corrected chi connectivity index (χ4v) is 3.22. The molecule has 5 heteroatoms. The predicted molar refractivity (Wildman–Crippen MR) is 85.3 cm³/mol. The number of para-hydroxylation sites is 2. The summed E-state index contributed by atoms with van der Waals surface area (Å²) in [5.74, 6) is 0.627. The first kappa shape index (κ1) is 15.0. The number of benzene rings is 1. The van der Waals surface area contributed by atoms with E-state index in [1.54, 1.807) is 0 Å². The van der Waals surface area contributed by atoms with Crippen molar-refractivity contribution in [3.05, 3.63) is 30.1 Å². The average molecular weight is 301 g/mol. The van der Waals surface area contributed by atoms with Crippen LogP contribution in [0, 0.1) is 0 Å². The number of imidazole rings is 1. The summed E-state index contributed by atoms with van der Waals surface area (Å²) in [6.45, 7) is 1.90. The molecule has 3 rings (SSSR count). The minimum absolute atomic E-state index is 0.114. The lowest BCUT2D eigenvalue weighted by atomic mass is 9.82. The summed E-state index contributed by atoms with van der Waals surface area (Å²) in [5, 5.41) is 13.4. The van der Waals surface area contributed by atoms with E-state index in [0.29, 0.717) is 0 Å².